The van der Waals surface area contributed by atoms with Crippen molar-refractivity contribution in [3.63, 3.8) is 0 Å². The number of hydrogen-bond donors (Lipinski definition) is 2. The summed E-state index contributed by atoms with van der Waals surface area (Å²) in [5.74, 6) is -0.624. The van der Waals surface area contributed by atoms with E-state index >= 15 is 0 Å². The number of methoxy groups -OCH3 is 1. The van der Waals surface area contributed by atoms with Crippen molar-refractivity contribution in [1.82, 2.24) is 0 Å². The third-order valence-electron chi connectivity index (χ3n) is 2.93. The summed E-state index contributed by atoms with van der Waals surface area (Å²) in [4.78, 5) is 24.1. The normalized spacial score (nSPS) is 12.9. The van der Waals surface area contributed by atoms with Crippen LogP contribution in [-0.2, 0) is 9.53 Å². The maximum absolute atomic E-state index is 12.1. The van der Waals surface area contributed by atoms with Gasteiger partial charge in [-0.2, -0.15) is 0 Å². The lowest BCUT2D eigenvalue weighted by molar-refractivity contribution is -0.116. The number of thiophene rings is 1. The summed E-state index contributed by atoms with van der Waals surface area (Å²) in [5, 5.41) is 4.60. The zero-order valence-corrected chi connectivity index (χ0v) is 14.1. The Morgan fingerprint density at radius 3 is 2.57 bits per heavy atom. The van der Waals surface area contributed by atoms with Gasteiger partial charge in [0.15, 0.2) is 0 Å². The van der Waals surface area contributed by atoms with Gasteiger partial charge >= 0.3 is 5.97 Å². The molecule has 0 saturated carbocycles. The summed E-state index contributed by atoms with van der Waals surface area (Å²) >= 11 is 1.26. The zero-order valence-electron chi connectivity index (χ0n) is 13.3. The molecule has 0 aliphatic rings. The van der Waals surface area contributed by atoms with Crippen LogP contribution >= 0.6 is 11.3 Å². The van der Waals surface area contributed by atoms with E-state index in [0.717, 1.165) is 12.0 Å². The summed E-state index contributed by atoms with van der Waals surface area (Å²) in [6.07, 6.45) is 0.986. The van der Waals surface area contributed by atoms with E-state index in [1.165, 1.54) is 18.4 Å². The highest BCUT2D eigenvalue weighted by atomic mass is 32.1. The number of aryl methyl sites for hydroxylation is 1. The average Bonchev–Trinajstić information content (AvgIpc) is 2.67. The maximum Gasteiger partial charge on any atom is 0.350 e. The van der Waals surface area contributed by atoms with Gasteiger partial charge in [0.25, 0.3) is 0 Å². The summed E-state index contributed by atoms with van der Waals surface area (Å²) < 4.78 is 4.71. The zero-order chi connectivity index (χ0) is 16.2. The molecule has 0 aliphatic carbocycles. The molecule has 0 aliphatic heterocycles. The highest BCUT2D eigenvalue weighted by Gasteiger charge is 2.21. The molecule has 5 nitrogen and oxygen atoms in total. The van der Waals surface area contributed by atoms with Gasteiger partial charge in [-0.3, -0.25) is 4.79 Å². The number of hydrogen-bond acceptors (Lipinski definition) is 5. The molecule has 1 aromatic rings. The highest BCUT2D eigenvalue weighted by molar-refractivity contribution is 7.12. The first kappa shape index (κ1) is 17.7. The topological polar surface area (TPSA) is 81.4 Å². The van der Waals surface area contributed by atoms with Crippen LogP contribution < -0.4 is 11.1 Å². The van der Waals surface area contributed by atoms with E-state index in [1.807, 2.05) is 12.3 Å². The molecular weight excluding hydrogens is 288 g/mol. The number of nitrogens with one attached hydrogen (secondary N) is 1. The van der Waals surface area contributed by atoms with Gasteiger partial charge in [-0.05, 0) is 29.7 Å². The maximum atomic E-state index is 12.1. The van der Waals surface area contributed by atoms with E-state index in [4.69, 9.17) is 10.5 Å². The first-order chi connectivity index (χ1) is 9.64. The van der Waals surface area contributed by atoms with Crippen LogP contribution in [0.5, 0.6) is 0 Å². The first-order valence-corrected chi connectivity index (χ1v) is 7.74. The lowest BCUT2D eigenvalue weighted by atomic mass is 9.87. The van der Waals surface area contributed by atoms with E-state index < -0.39 is 5.97 Å². The Bertz CT molecular complexity index is 517. The molecule has 1 atom stereocenters. The second kappa shape index (κ2) is 7.04. The molecule has 0 spiro atoms. The highest BCUT2D eigenvalue weighted by Crippen LogP contribution is 2.28. The lowest BCUT2D eigenvalue weighted by Crippen LogP contribution is -2.31. The molecule has 1 unspecified atom stereocenters. The molecule has 0 bridgehead atoms. The number of anilines is 1. The lowest BCUT2D eigenvalue weighted by Gasteiger charge is -2.22. The van der Waals surface area contributed by atoms with Crippen molar-refractivity contribution in [3.8, 4) is 0 Å². The smallest absolute Gasteiger partial charge is 0.350 e. The van der Waals surface area contributed by atoms with Crippen LogP contribution in [0.4, 0.5) is 5.69 Å². The molecule has 3 N–H and O–H groups in total. The van der Waals surface area contributed by atoms with Crippen LogP contribution in [0.15, 0.2) is 5.38 Å². The fraction of sp³-hybridized carbons (Fsp3) is 0.600. The van der Waals surface area contributed by atoms with Gasteiger partial charge in [0.1, 0.15) is 4.88 Å². The van der Waals surface area contributed by atoms with E-state index in [2.05, 4.69) is 26.1 Å². The monoisotopic (exact) mass is 312 g/mol. The van der Waals surface area contributed by atoms with Crippen molar-refractivity contribution in [2.75, 3.05) is 12.4 Å². The minimum absolute atomic E-state index is 0.0785. The van der Waals surface area contributed by atoms with E-state index in [9.17, 15) is 9.59 Å². The Kier molecular flexibility index (Phi) is 5.92. The second-order valence-electron chi connectivity index (χ2n) is 6.39. The summed E-state index contributed by atoms with van der Waals surface area (Å²) in [5.41, 5.74) is 7.45. The van der Waals surface area contributed by atoms with Crippen molar-refractivity contribution in [1.29, 1.82) is 0 Å². The second-order valence-corrected chi connectivity index (χ2v) is 7.27. The first-order valence-electron chi connectivity index (χ1n) is 6.86. The Morgan fingerprint density at radius 2 is 2.05 bits per heavy atom. The molecule has 0 radical (unpaired) electrons. The number of nitrogens with two attached hydrogens (primary N) is 1. The third-order valence-corrected chi connectivity index (χ3v) is 4.01. The van der Waals surface area contributed by atoms with Gasteiger partial charge in [-0.15, -0.1) is 11.3 Å². The molecular formula is C15H24N2O3S. The Hall–Kier alpha value is -1.40. The molecule has 1 rings (SSSR count). The van der Waals surface area contributed by atoms with Crippen molar-refractivity contribution >= 4 is 28.9 Å². The fourth-order valence-electron chi connectivity index (χ4n) is 2.13. The van der Waals surface area contributed by atoms with E-state index in [0.29, 0.717) is 10.6 Å². The van der Waals surface area contributed by atoms with Crippen molar-refractivity contribution < 1.29 is 14.3 Å². The Balaban J connectivity index is 2.71. The van der Waals surface area contributed by atoms with Crippen LogP contribution in [0.2, 0.25) is 0 Å². The minimum atomic E-state index is -0.442. The number of amides is 1. The summed E-state index contributed by atoms with van der Waals surface area (Å²) in [7, 11) is 1.32. The molecule has 1 amide bonds. The largest absolute Gasteiger partial charge is 0.465 e. The molecule has 1 heterocycles. The number of ether oxygens (including phenoxy) is 1. The van der Waals surface area contributed by atoms with Gasteiger partial charge in [-0.1, -0.05) is 20.8 Å². The molecule has 0 fully saturated rings. The number of esters is 1. The average molecular weight is 312 g/mol. The summed E-state index contributed by atoms with van der Waals surface area (Å²) in [6, 6.07) is -0.203. The van der Waals surface area contributed by atoms with Crippen LogP contribution in [0, 0.1) is 12.3 Å². The molecule has 6 heteroatoms. The van der Waals surface area contributed by atoms with Gasteiger partial charge in [0.05, 0.1) is 12.8 Å². The summed E-state index contributed by atoms with van der Waals surface area (Å²) in [6.45, 7) is 8.10. The number of carbonyl (C=O) groups excluding carboxylic acids is 2. The predicted molar refractivity (Wildman–Crippen MR) is 85.7 cm³/mol. The minimum Gasteiger partial charge on any atom is -0.465 e. The van der Waals surface area contributed by atoms with Gasteiger partial charge < -0.3 is 15.8 Å². The molecule has 21 heavy (non-hydrogen) atoms. The van der Waals surface area contributed by atoms with Gasteiger partial charge in [-0.25, -0.2) is 4.79 Å². The van der Waals surface area contributed by atoms with Crippen molar-refractivity contribution in [2.24, 2.45) is 11.1 Å². The van der Waals surface area contributed by atoms with Crippen LogP contribution in [0.25, 0.3) is 0 Å². The molecule has 118 valence electrons. The number of carbonyl (C=O) groups is 2. The van der Waals surface area contributed by atoms with E-state index in [-0.39, 0.29) is 23.8 Å². The predicted octanol–water partition coefficient (Wildman–Crippen LogP) is 2.94. The Labute approximate surface area is 129 Å². The Morgan fingerprint density at radius 1 is 1.43 bits per heavy atom. The van der Waals surface area contributed by atoms with Crippen LogP contribution in [0.3, 0.4) is 0 Å². The molecule has 1 aromatic heterocycles. The van der Waals surface area contributed by atoms with Crippen molar-refractivity contribution in [2.45, 2.75) is 46.6 Å². The molecule has 0 aromatic carbocycles. The van der Waals surface area contributed by atoms with E-state index in [1.54, 1.807) is 0 Å². The quantitative estimate of drug-likeness (QED) is 0.819. The van der Waals surface area contributed by atoms with Crippen LogP contribution in [-0.4, -0.2) is 25.0 Å². The standard InChI is InChI=1S/C15H24N2O3S/c1-9-8-21-13(14(19)20-5)12(9)17-11(18)6-10(16)7-15(2,3)4/h8,10H,6-7,16H2,1-5H3,(H,17,18). The van der Waals surface area contributed by atoms with Crippen molar-refractivity contribution in [3.05, 3.63) is 15.8 Å². The van der Waals surface area contributed by atoms with Gasteiger partial charge in [0, 0.05) is 12.5 Å². The SMILES string of the molecule is COC(=O)c1scc(C)c1NC(=O)CC(N)CC(C)(C)C. The van der Waals surface area contributed by atoms with Crippen LogP contribution in [0.1, 0.15) is 48.8 Å². The molecule has 0 saturated heterocycles. The number of rotatable bonds is 5. The third kappa shape index (κ3) is 5.47. The van der Waals surface area contributed by atoms with Gasteiger partial charge in [0.2, 0.25) is 5.91 Å². The fourth-order valence-corrected chi connectivity index (χ4v) is 3.05.